The summed E-state index contributed by atoms with van der Waals surface area (Å²) in [7, 11) is 0. The summed E-state index contributed by atoms with van der Waals surface area (Å²) in [5, 5.41) is 1.25. The van der Waals surface area contributed by atoms with Crippen LogP contribution in [0.2, 0.25) is 0 Å². The number of aryl methyl sites for hydroxylation is 2. The van der Waals surface area contributed by atoms with E-state index >= 15 is 0 Å². The lowest BCUT2D eigenvalue weighted by atomic mass is 10.0. The zero-order chi connectivity index (χ0) is 19.1. The Morgan fingerprint density at radius 1 is 0.875 bits per heavy atom. The molecule has 0 atom stereocenters. The minimum absolute atomic E-state index is 0.107. The van der Waals surface area contributed by atoms with E-state index in [0.29, 0.717) is 5.56 Å². The molecule has 0 fully saturated rings. The number of hydrogen-bond donors (Lipinski definition) is 1. The number of benzene rings is 1. The first-order valence-corrected chi connectivity index (χ1v) is 6.14. The van der Waals surface area contributed by atoms with Crippen LogP contribution in [0.15, 0.2) is 18.2 Å². The first kappa shape index (κ1) is 20.1. The van der Waals surface area contributed by atoms with Crippen LogP contribution >= 0.6 is 0 Å². The zero-order valence-corrected chi connectivity index (χ0v) is 12.0. The van der Waals surface area contributed by atoms with E-state index in [1.165, 1.54) is 31.3 Å². The van der Waals surface area contributed by atoms with Gasteiger partial charge in [-0.2, -0.15) is 39.5 Å². The third-order valence-electron chi connectivity index (χ3n) is 3.07. The maximum atomic E-state index is 13.4. The molecule has 136 valence electrons. The summed E-state index contributed by atoms with van der Waals surface area (Å²) < 4.78 is 114. The summed E-state index contributed by atoms with van der Waals surface area (Å²) in [6, 6.07) is 3.82. The molecule has 1 aromatic carbocycles. The van der Waals surface area contributed by atoms with Crippen molar-refractivity contribution in [3.05, 3.63) is 29.3 Å². The summed E-state index contributed by atoms with van der Waals surface area (Å²) in [6.45, 7) is 2.72. The normalized spacial score (nSPS) is 13.8. The van der Waals surface area contributed by atoms with Crippen molar-refractivity contribution in [2.24, 2.45) is 0 Å². The Hall–Kier alpha value is -1.94. The molecule has 0 spiro atoms. The molecule has 0 aliphatic rings. The van der Waals surface area contributed by atoms with Gasteiger partial charge >= 0.3 is 29.9 Å². The number of nitrogens with one attached hydrogen (secondary N) is 1. The van der Waals surface area contributed by atoms with Crippen molar-refractivity contribution in [1.82, 2.24) is 0 Å². The van der Waals surface area contributed by atoms with E-state index < -0.39 is 35.5 Å². The highest BCUT2D eigenvalue weighted by molar-refractivity contribution is 5.97. The molecule has 0 bridgehead atoms. The van der Waals surface area contributed by atoms with Crippen molar-refractivity contribution >= 4 is 11.6 Å². The highest BCUT2D eigenvalue weighted by Gasteiger charge is 2.83. The summed E-state index contributed by atoms with van der Waals surface area (Å²) >= 11 is 0. The summed E-state index contributed by atoms with van der Waals surface area (Å²) in [5.41, 5.74) is 0.0769. The molecule has 0 aromatic heterocycles. The molecular formula is C13H10F9NO. The van der Waals surface area contributed by atoms with Crippen LogP contribution in [0, 0.1) is 13.8 Å². The van der Waals surface area contributed by atoms with Gasteiger partial charge in [0.25, 0.3) is 0 Å². The molecule has 11 heteroatoms. The van der Waals surface area contributed by atoms with Crippen LogP contribution < -0.4 is 5.32 Å². The second-order valence-corrected chi connectivity index (χ2v) is 4.99. The molecule has 0 radical (unpaired) electrons. The first-order valence-electron chi connectivity index (χ1n) is 6.14. The summed E-state index contributed by atoms with van der Waals surface area (Å²) in [4.78, 5) is 11.3. The topological polar surface area (TPSA) is 29.1 Å². The molecule has 1 aromatic rings. The van der Waals surface area contributed by atoms with Gasteiger partial charge in [-0.3, -0.25) is 4.79 Å². The number of alkyl halides is 9. The van der Waals surface area contributed by atoms with Crippen molar-refractivity contribution in [2.45, 2.75) is 37.8 Å². The predicted octanol–water partition coefficient (Wildman–Crippen LogP) is 4.71. The fourth-order valence-corrected chi connectivity index (χ4v) is 1.59. The number of halogens is 9. The van der Waals surface area contributed by atoms with Crippen molar-refractivity contribution in [1.29, 1.82) is 0 Å². The van der Waals surface area contributed by atoms with E-state index in [0.717, 1.165) is 6.07 Å². The number of carbonyl (C=O) groups excluding carboxylic acids is 1. The van der Waals surface area contributed by atoms with E-state index in [4.69, 9.17) is 0 Å². The maximum absolute atomic E-state index is 13.4. The molecule has 0 unspecified atom stereocenters. The highest BCUT2D eigenvalue weighted by atomic mass is 19.4. The molecule has 1 rings (SSSR count). The molecule has 2 nitrogen and oxygen atoms in total. The standard InChI is InChI=1S/C13H10F9NO/c1-6-3-4-7(2)8(5-6)23-9(24)10(14,15)11(16,17)12(18,19)13(20,21)22/h3-5H,1-2H3,(H,23,24). The minimum atomic E-state index is -7.11. The Morgan fingerprint density at radius 2 is 1.38 bits per heavy atom. The van der Waals surface area contributed by atoms with Crippen molar-refractivity contribution < 1.29 is 44.3 Å². The van der Waals surface area contributed by atoms with Crippen LogP contribution in [0.3, 0.4) is 0 Å². The SMILES string of the molecule is Cc1ccc(C)c(NC(=O)C(F)(F)C(F)(F)C(F)(F)C(F)(F)F)c1. The second kappa shape index (κ2) is 5.85. The van der Waals surface area contributed by atoms with Crippen LogP contribution in [0.1, 0.15) is 11.1 Å². The summed E-state index contributed by atoms with van der Waals surface area (Å²) in [6.07, 6.45) is -6.97. The van der Waals surface area contributed by atoms with E-state index in [2.05, 4.69) is 0 Å². The van der Waals surface area contributed by atoms with Gasteiger partial charge in [-0.05, 0) is 31.0 Å². The Bertz CT molecular complexity index is 637. The Morgan fingerprint density at radius 3 is 1.83 bits per heavy atom. The molecule has 1 N–H and O–H groups in total. The lowest BCUT2D eigenvalue weighted by Crippen LogP contribution is -2.64. The molecule has 0 heterocycles. The van der Waals surface area contributed by atoms with Gasteiger partial charge in [0.1, 0.15) is 0 Å². The molecule has 1 amide bonds. The van der Waals surface area contributed by atoms with Crippen LogP contribution in [-0.2, 0) is 4.79 Å². The molecule has 24 heavy (non-hydrogen) atoms. The van der Waals surface area contributed by atoms with Gasteiger partial charge in [0, 0.05) is 5.69 Å². The molecular weight excluding hydrogens is 357 g/mol. The highest BCUT2D eigenvalue weighted by Crippen LogP contribution is 2.53. The van der Waals surface area contributed by atoms with Gasteiger partial charge in [-0.1, -0.05) is 12.1 Å². The zero-order valence-electron chi connectivity index (χ0n) is 12.0. The van der Waals surface area contributed by atoms with Crippen LogP contribution in [0.5, 0.6) is 0 Å². The molecule has 0 aliphatic carbocycles. The first-order chi connectivity index (χ1) is 10.6. The third kappa shape index (κ3) is 3.16. The van der Waals surface area contributed by atoms with E-state index in [1.807, 2.05) is 0 Å². The second-order valence-electron chi connectivity index (χ2n) is 4.99. The van der Waals surface area contributed by atoms with Crippen molar-refractivity contribution in [3.8, 4) is 0 Å². The number of anilines is 1. The number of rotatable bonds is 4. The third-order valence-corrected chi connectivity index (χ3v) is 3.07. The molecule has 0 aliphatic heterocycles. The van der Waals surface area contributed by atoms with E-state index in [-0.39, 0.29) is 5.56 Å². The Labute approximate surface area is 129 Å². The van der Waals surface area contributed by atoms with Crippen molar-refractivity contribution in [3.63, 3.8) is 0 Å². The predicted molar refractivity (Wildman–Crippen MR) is 65.4 cm³/mol. The van der Waals surface area contributed by atoms with Crippen LogP contribution in [-0.4, -0.2) is 29.9 Å². The Kier molecular flexibility index (Phi) is 4.90. The van der Waals surface area contributed by atoms with Gasteiger partial charge in [-0.15, -0.1) is 0 Å². The quantitative estimate of drug-likeness (QED) is 0.768. The fourth-order valence-electron chi connectivity index (χ4n) is 1.59. The van der Waals surface area contributed by atoms with E-state index in [1.54, 1.807) is 0 Å². The fraction of sp³-hybridized carbons (Fsp3) is 0.462. The van der Waals surface area contributed by atoms with Gasteiger partial charge in [0.15, 0.2) is 0 Å². The number of carbonyl (C=O) groups is 1. The average Bonchev–Trinajstić information content (AvgIpc) is 2.41. The summed E-state index contributed by atoms with van der Waals surface area (Å²) in [5.74, 6) is -23.4. The van der Waals surface area contributed by atoms with Gasteiger partial charge in [0.2, 0.25) is 0 Å². The van der Waals surface area contributed by atoms with E-state index in [9.17, 15) is 44.3 Å². The smallest absolute Gasteiger partial charge is 0.320 e. The van der Waals surface area contributed by atoms with Gasteiger partial charge < -0.3 is 5.32 Å². The number of hydrogen-bond acceptors (Lipinski definition) is 1. The minimum Gasteiger partial charge on any atom is -0.320 e. The van der Waals surface area contributed by atoms with Crippen LogP contribution in [0.4, 0.5) is 45.2 Å². The Balaban J connectivity index is 3.23. The van der Waals surface area contributed by atoms with Crippen LogP contribution in [0.25, 0.3) is 0 Å². The monoisotopic (exact) mass is 367 g/mol. The molecule has 0 saturated carbocycles. The lowest BCUT2D eigenvalue weighted by Gasteiger charge is -2.32. The van der Waals surface area contributed by atoms with Gasteiger partial charge in [0.05, 0.1) is 0 Å². The average molecular weight is 367 g/mol. The van der Waals surface area contributed by atoms with Gasteiger partial charge in [-0.25, -0.2) is 0 Å². The molecule has 0 saturated heterocycles. The lowest BCUT2D eigenvalue weighted by molar-refractivity contribution is -0.388. The largest absolute Gasteiger partial charge is 0.460 e. The maximum Gasteiger partial charge on any atom is 0.460 e. The van der Waals surface area contributed by atoms with Crippen molar-refractivity contribution in [2.75, 3.05) is 5.32 Å². The number of amides is 1.